The van der Waals surface area contributed by atoms with Gasteiger partial charge in [-0.1, -0.05) is 0 Å². The smallest absolute Gasteiger partial charge is 0.242 e. The number of rotatable bonds is 3. The molecule has 3 N–H and O–H groups in total. The highest BCUT2D eigenvalue weighted by atomic mass is 35.5. The van der Waals surface area contributed by atoms with Crippen LogP contribution in [0.4, 0.5) is 0 Å². The van der Waals surface area contributed by atoms with Crippen molar-refractivity contribution in [2.24, 2.45) is 5.92 Å². The van der Waals surface area contributed by atoms with Crippen molar-refractivity contribution in [3.05, 3.63) is 0 Å². The monoisotopic (exact) mass is 275 g/mol. The molecular weight excluding hydrogens is 254 g/mol. The first-order valence-corrected chi connectivity index (χ1v) is 6.53. The molecule has 6 heteroatoms. The fourth-order valence-corrected chi connectivity index (χ4v) is 2.48. The van der Waals surface area contributed by atoms with E-state index < -0.39 is 0 Å². The Kier molecular flexibility index (Phi) is 6.43. The molecule has 0 spiro atoms. The number of hydrogen-bond donors (Lipinski definition) is 3. The molecule has 104 valence electrons. The molecular formula is C12H22ClN3O2. The van der Waals surface area contributed by atoms with Crippen molar-refractivity contribution in [3.8, 4) is 0 Å². The van der Waals surface area contributed by atoms with Gasteiger partial charge in [0.2, 0.25) is 11.8 Å². The average Bonchev–Trinajstić information content (AvgIpc) is 2.71. The summed E-state index contributed by atoms with van der Waals surface area (Å²) in [6.45, 7) is 2.66. The highest BCUT2D eigenvalue weighted by Gasteiger charge is 2.24. The summed E-state index contributed by atoms with van der Waals surface area (Å²) in [5, 5.41) is 8.93. The molecule has 5 nitrogen and oxygen atoms in total. The predicted molar refractivity (Wildman–Crippen MR) is 71.6 cm³/mol. The molecule has 2 atom stereocenters. The number of amides is 2. The van der Waals surface area contributed by atoms with Gasteiger partial charge >= 0.3 is 0 Å². The SMILES string of the molecule is Cl.O=C(CC1CCNC1)NC1CCCCNC1=O. The standard InChI is InChI=1S/C12H21N3O2.ClH/c16-11(7-9-4-6-13-8-9)15-10-3-1-2-5-14-12(10)17;/h9-10,13H,1-8H2,(H,14,17)(H,15,16);1H. The summed E-state index contributed by atoms with van der Waals surface area (Å²) in [6, 6.07) is -0.320. The van der Waals surface area contributed by atoms with Gasteiger partial charge in [0, 0.05) is 13.0 Å². The Morgan fingerprint density at radius 1 is 1.28 bits per heavy atom. The quantitative estimate of drug-likeness (QED) is 0.689. The number of carbonyl (C=O) groups excluding carboxylic acids is 2. The summed E-state index contributed by atoms with van der Waals surface area (Å²) < 4.78 is 0. The predicted octanol–water partition coefficient (Wildman–Crippen LogP) is 0.193. The topological polar surface area (TPSA) is 70.2 Å². The maximum absolute atomic E-state index is 11.8. The molecule has 0 aromatic carbocycles. The molecule has 0 aromatic heterocycles. The van der Waals surface area contributed by atoms with Crippen molar-refractivity contribution < 1.29 is 9.59 Å². The minimum absolute atomic E-state index is 0. The Labute approximate surface area is 114 Å². The van der Waals surface area contributed by atoms with Gasteiger partial charge in [0.05, 0.1) is 0 Å². The van der Waals surface area contributed by atoms with Crippen molar-refractivity contribution in [2.45, 2.75) is 38.1 Å². The van der Waals surface area contributed by atoms with Gasteiger partial charge in [-0.15, -0.1) is 12.4 Å². The zero-order valence-electron chi connectivity index (χ0n) is 10.5. The summed E-state index contributed by atoms with van der Waals surface area (Å²) in [4.78, 5) is 23.5. The lowest BCUT2D eigenvalue weighted by molar-refractivity contribution is -0.129. The summed E-state index contributed by atoms with van der Waals surface area (Å²) in [5.41, 5.74) is 0. The molecule has 2 unspecified atom stereocenters. The fraction of sp³-hybridized carbons (Fsp3) is 0.833. The Morgan fingerprint density at radius 3 is 2.83 bits per heavy atom. The zero-order valence-corrected chi connectivity index (χ0v) is 11.4. The first-order chi connectivity index (χ1) is 8.25. The summed E-state index contributed by atoms with van der Waals surface area (Å²) in [7, 11) is 0. The normalized spacial score (nSPS) is 27.9. The number of nitrogens with one attached hydrogen (secondary N) is 3. The summed E-state index contributed by atoms with van der Waals surface area (Å²) in [5.74, 6) is 0.421. The van der Waals surface area contributed by atoms with Crippen LogP contribution in [-0.2, 0) is 9.59 Å². The van der Waals surface area contributed by atoms with Gasteiger partial charge in [0.25, 0.3) is 0 Å². The highest BCUT2D eigenvalue weighted by molar-refractivity contribution is 5.87. The molecule has 2 saturated heterocycles. The second-order valence-corrected chi connectivity index (χ2v) is 4.97. The maximum Gasteiger partial charge on any atom is 0.242 e. The fourth-order valence-electron chi connectivity index (χ4n) is 2.48. The van der Waals surface area contributed by atoms with Crippen LogP contribution >= 0.6 is 12.4 Å². The number of halogens is 1. The van der Waals surface area contributed by atoms with Gasteiger partial charge in [-0.05, 0) is 44.7 Å². The lowest BCUT2D eigenvalue weighted by Gasteiger charge is -2.16. The lowest BCUT2D eigenvalue weighted by atomic mass is 10.0. The van der Waals surface area contributed by atoms with Gasteiger partial charge in [-0.3, -0.25) is 9.59 Å². The van der Waals surface area contributed by atoms with Crippen LogP contribution in [0.1, 0.15) is 32.1 Å². The molecule has 2 fully saturated rings. The Hall–Kier alpha value is -0.810. The van der Waals surface area contributed by atoms with E-state index in [4.69, 9.17) is 0 Å². The number of hydrogen-bond acceptors (Lipinski definition) is 3. The molecule has 2 aliphatic rings. The Bertz CT molecular complexity index is 293. The van der Waals surface area contributed by atoms with Gasteiger partial charge in [0.1, 0.15) is 6.04 Å². The first kappa shape index (κ1) is 15.2. The van der Waals surface area contributed by atoms with Crippen molar-refractivity contribution in [1.82, 2.24) is 16.0 Å². The van der Waals surface area contributed by atoms with E-state index in [0.29, 0.717) is 12.3 Å². The van der Waals surface area contributed by atoms with E-state index in [1.807, 2.05) is 0 Å². The van der Waals surface area contributed by atoms with E-state index in [2.05, 4.69) is 16.0 Å². The first-order valence-electron chi connectivity index (χ1n) is 6.53. The molecule has 18 heavy (non-hydrogen) atoms. The third kappa shape index (κ3) is 4.46. The third-order valence-corrected chi connectivity index (χ3v) is 3.51. The lowest BCUT2D eigenvalue weighted by Crippen LogP contribution is -2.45. The van der Waals surface area contributed by atoms with Crippen LogP contribution in [0.25, 0.3) is 0 Å². The van der Waals surface area contributed by atoms with Crippen LogP contribution in [0, 0.1) is 5.92 Å². The molecule has 0 aromatic rings. The third-order valence-electron chi connectivity index (χ3n) is 3.51. The molecule has 2 aliphatic heterocycles. The molecule has 2 heterocycles. The van der Waals surface area contributed by atoms with Gasteiger partial charge in [0.15, 0.2) is 0 Å². The van der Waals surface area contributed by atoms with Crippen molar-refractivity contribution in [3.63, 3.8) is 0 Å². The molecule has 2 amide bonds. The van der Waals surface area contributed by atoms with E-state index in [-0.39, 0.29) is 30.3 Å². The highest BCUT2D eigenvalue weighted by Crippen LogP contribution is 2.12. The van der Waals surface area contributed by atoms with Gasteiger partial charge in [-0.2, -0.15) is 0 Å². The van der Waals surface area contributed by atoms with Gasteiger partial charge < -0.3 is 16.0 Å². The minimum Gasteiger partial charge on any atom is -0.354 e. The second kappa shape index (κ2) is 7.59. The number of carbonyl (C=O) groups is 2. The molecule has 0 aliphatic carbocycles. The molecule has 0 saturated carbocycles. The largest absolute Gasteiger partial charge is 0.354 e. The van der Waals surface area contributed by atoms with Gasteiger partial charge in [-0.25, -0.2) is 0 Å². The minimum atomic E-state index is -0.320. The molecule has 0 radical (unpaired) electrons. The van der Waals surface area contributed by atoms with Crippen LogP contribution < -0.4 is 16.0 Å². The summed E-state index contributed by atoms with van der Waals surface area (Å²) >= 11 is 0. The van der Waals surface area contributed by atoms with Crippen molar-refractivity contribution in [1.29, 1.82) is 0 Å². The zero-order chi connectivity index (χ0) is 12.1. The van der Waals surface area contributed by atoms with E-state index in [1.165, 1.54) is 0 Å². The van der Waals surface area contributed by atoms with Crippen LogP contribution in [0.15, 0.2) is 0 Å². The van der Waals surface area contributed by atoms with Crippen LogP contribution in [0.3, 0.4) is 0 Å². The molecule has 0 bridgehead atoms. The van der Waals surface area contributed by atoms with E-state index in [0.717, 1.165) is 45.3 Å². The van der Waals surface area contributed by atoms with Crippen LogP contribution in [0.5, 0.6) is 0 Å². The van der Waals surface area contributed by atoms with Crippen LogP contribution in [0.2, 0.25) is 0 Å². The van der Waals surface area contributed by atoms with E-state index in [1.54, 1.807) is 0 Å². The van der Waals surface area contributed by atoms with Crippen LogP contribution in [-0.4, -0.2) is 37.5 Å². The maximum atomic E-state index is 11.8. The molecule has 2 rings (SSSR count). The van der Waals surface area contributed by atoms with Crippen molar-refractivity contribution in [2.75, 3.05) is 19.6 Å². The van der Waals surface area contributed by atoms with E-state index in [9.17, 15) is 9.59 Å². The van der Waals surface area contributed by atoms with Crippen molar-refractivity contribution >= 4 is 24.2 Å². The summed E-state index contributed by atoms with van der Waals surface area (Å²) in [6.07, 6.45) is 4.36. The second-order valence-electron chi connectivity index (χ2n) is 4.97. The Morgan fingerprint density at radius 2 is 2.11 bits per heavy atom. The average molecular weight is 276 g/mol. The Balaban J connectivity index is 0.00000162. The van der Waals surface area contributed by atoms with E-state index >= 15 is 0 Å².